The van der Waals surface area contributed by atoms with Crippen LogP contribution in [0.2, 0.25) is 0 Å². The van der Waals surface area contributed by atoms with Gasteiger partial charge in [0.25, 0.3) is 0 Å². The molecule has 2 heterocycles. The highest BCUT2D eigenvalue weighted by Gasteiger charge is 2.54. The van der Waals surface area contributed by atoms with Crippen LogP contribution in [0.25, 0.3) is 66.1 Å². The standard InChI is InChI=1S/C44H38BNO2.C5H12/c1-5-44(4)43(2,3)47-45(48-44)40-27-25-35(29-46-40)42-37-19-13-12-18-36(37)41(33-22-20-32(21-23-33)30-14-8-6-9-15-30)39-28-34(24-26-38(39)42)31-16-10-7-11-17-31;1-5(2,3)4/h6-29H,5H2,1-4H3;1-4H3. The van der Waals surface area contributed by atoms with E-state index in [1.54, 1.807) is 0 Å². The van der Waals surface area contributed by atoms with Gasteiger partial charge < -0.3 is 9.31 Å². The van der Waals surface area contributed by atoms with Crippen LogP contribution >= 0.6 is 0 Å². The van der Waals surface area contributed by atoms with Gasteiger partial charge in [-0.3, -0.25) is 4.98 Å². The largest absolute Gasteiger partial charge is 0.514 e. The van der Waals surface area contributed by atoms with Gasteiger partial charge in [0.2, 0.25) is 0 Å². The topological polar surface area (TPSA) is 31.4 Å². The van der Waals surface area contributed by atoms with E-state index in [1.807, 2.05) is 6.20 Å². The van der Waals surface area contributed by atoms with Gasteiger partial charge in [0.05, 0.1) is 16.8 Å². The van der Waals surface area contributed by atoms with Crippen molar-refractivity contribution in [2.24, 2.45) is 5.41 Å². The third kappa shape index (κ3) is 7.44. The lowest BCUT2D eigenvalue weighted by Crippen LogP contribution is -2.44. The van der Waals surface area contributed by atoms with Crippen molar-refractivity contribution in [3.05, 3.63) is 146 Å². The molecule has 53 heavy (non-hydrogen) atoms. The van der Waals surface area contributed by atoms with E-state index in [0.717, 1.165) is 17.6 Å². The highest BCUT2D eigenvalue weighted by Crippen LogP contribution is 2.45. The van der Waals surface area contributed by atoms with Crippen LogP contribution in [0, 0.1) is 5.41 Å². The quantitative estimate of drug-likeness (QED) is 0.128. The number of benzene rings is 6. The Labute approximate surface area is 316 Å². The summed E-state index contributed by atoms with van der Waals surface area (Å²) in [7, 11) is -0.498. The first-order valence-electron chi connectivity index (χ1n) is 18.9. The van der Waals surface area contributed by atoms with Crippen LogP contribution in [0.5, 0.6) is 0 Å². The van der Waals surface area contributed by atoms with Crippen molar-refractivity contribution < 1.29 is 9.31 Å². The molecule has 4 heteroatoms. The van der Waals surface area contributed by atoms with Gasteiger partial charge in [-0.15, -0.1) is 0 Å². The summed E-state index contributed by atoms with van der Waals surface area (Å²) in [5, 5.41) is 4.81. The summed E-state index contributed by atoms with van der Waals surface area (Å²) < 4.78 is 12.9. The zero-order chi connectivity index (χ0) is 37.4. The molecule has 0 saturated carbocycles. The van der Waals surface area contributed by atoms with E-state index in [1.165, 1.54) is 60.5 Å². The summed E-state index contributed by atoms with van der Waals surface area (Å²) in [4.78, 5) is 4.95. The monoisotopic (exact) mass is 695 g/mol. The first-order valence-corrected chi connectivity index (χ1v) is 18.9. The molecule has 8 rings (SSSR count). The molecular weight excluding hydrogens is 645 g/mol. The lowest BCUT2D eigenvalue weighted by atomic mass is 9.82. The molecule has 1 aromatic heterocycles. The van der Waals surface area contributed by atoms with E-state index in [2.05, 4.69) is 195 Å². The highest BCUT2D eigenvalue weighted by atomic mass is 16.7. The van der Waals surface area contributed by atoms with Gasteiger partial charge in [-0.25, -0.2) is 0 Å². The molecule has 1 atom stereocenters. The smallest absolute Gasteiger partial charge is 0.398 e. The van der Waals surface area contributed by atoms with Crippen LogP contribution in [0.3, 0.4) is 0 Å². The van der Waals surface area contributed by atoms with Crippen molar-refractivity contribution in [3.8, 4) is 44.5 Å². The molecule has 0 amide bonds. The molecule has 0 N–H and O–H groups in total. The van der Waals surface area contributed by atoms with E-state index < -0.39 is 12.7 Å². The maximum atomic E-state index is 6.46. The van der Waals surface area contributed by atoms with Crippen LogP contribution in [-0.4, -0.2) is 23.3 Å². The molecular formula is C49H50BNO2. The van der Waals surface area contributed by atoms with Gasteiger partial charge in [-0.05, 0) is 105 Å². The molecule has 0 aliphatic carbocycles. The lowest BCUT2D eigenvalue weighted by Gasteiger charge is -2.35. The van der Waals surface area contributed by atoms with Gasteiger partial charge in [0.15, 0.2) is 0 Å². The summed E-state index contributed by atoms with van der Waals surface area (Å²) in [6.45, 7) is 17.2. The van der Waals surface area contributed by atoms with E-state index in [-0.39, 0.29) is 5.60 Å². The van der Waals surface area contributed by atoms with Crippen LogP contribution in [-0.2, 0) is 9.31 Å². The molecule has 1 aliphatic heterocycles. The van der Waals surface area contributed by atoms with E-state index in [4.69, 9.17) is 14.3 Å². The zero-order valence-corrected chi connectivity index (χ0v) is 32.4. The minimum atomic E-state index is -0.498. The minimum absolute atomic E-state index is 0.379. The maximum absolute atomic E-state index is 6.46. The van der Waals surface area contributed by atoms with Gasteiger partial charge in [0.1, 0.15) is 0 Å². The molecule has 0 spiro atoms. The van der Waals surface area contributed by atoms with Crippen molar-refractivity contribution in [2.75, 3.05) is 0 Å². The Morgan fingerprint density at radius 3 is 1.49 bits per heavy atom. The predicted molar refractivity (Wildman–Crippen MR) is 226 cm³/mol. The zero-order valence-electron chi connectivity index (χ0n) is 32.4. The first-order chi connectivity index (χ1) is 25.3. The summed E-state index contributed by atoms with van der Waals surface area (Å²) >= 11 is 0. The first kappa shape index (κ1) is 36.3. The van der Waals surface area contributed by atoms with Crippen LogP contribution in [0.15, 0.2) is 146 Å². The number of pyridine rings is 1. The molecule has 3 nitrogen and oxygen atoms in total. The SMILES string of the molecule is CC(C)(C)C.CCC1(C)OB(c2ccc(-c3c4ccccc4c(-c4ccc(-c5ccccc5)cc4)c4cc(-c5ccccc5)ccc34)cn2)OC1(C)C. The molecule has 266 valence electrons. The Hall–Kier alpha value is -5.03. The second kappa shape index (κ2) is 14.4. The fourth-order valence-corrected chi connectivity index (χ4v) is 7.19. The Morgan fingerprint density at radius 2 is 0.962 bits per heavy atom. The van der Waals surface area contributed by atoms with Gasteiger partial charge in [0, 0.05) is 11.8 Å². The average molecular weight is 696 g/mol. The molecule has 0 radical (unpaired) electrons. The van der Waals surface area contributed by atoms with E-state index in [9.17, 15) is 0 Å². The summed E-state index contributed by atoms with van der Waals surface area (Å²) in [6.07, 6.45) is 2.84. The number of hydrogen-bond donors (Lipinski definition) is 0. The lowest BCUT2D eigenvalue weighted by molar-refractivity contribution is -0.0118. The second-order valence-electron chi connectivity index (χ2n) is 16.5. The molecule has 0 bridgehead atoms. The van der Waals surface area contributed by atoms with Crippen molar-refractivity contribution >= 4 is 34.3 Å². The Kier molecular flexibility index (Phi) is 9.89. The van der Waals surface area contributed by atoms with Crippen molar-refractivity contribution in [1.82, 2.24) is 4.98 Å². The normalized spacial score (nSPS) is 16.8. The van der Waals surface area contributed by atoms with Gasteiger partial charge in [-0.1, -0.05) is 162 Å². The third-order valence-electron chi connectivity index (χ3n) is 10.4. The number of nitrogens with zero attached hydrogens (tertiary/aromatic N) is 1. The fraction of sp³-hybridized carbons (Fsp3) is 0.245. The van der Waals surface area contributed by atoms with Crippen molar-refractivity contribution in [3.63, 3.8) is 0 Å². The Morgan fingerprint density at radius 1 is 0.509 bits per heavy atom. The fourth-order valence-electron chi connectivity index (χ4n) is 7.19. The molecule has 6 aromatic carbocycles. The molecule has 1 saturated heterocycles. The highest BCUT2D eigenvalue weighted by molar-refractivity contribution is 6.61. The number of aromatic nitrogens is 1. The molecule has 7 aromatic rings. The average Bonchev–Trinajstić information content (AvgIpc) is 3.42. The Bertz CT molecular complexity index is 2340. The Balaban J connectivity index is 0.000000817. The van der Waals surface area contributed by atoms with E-state index in [0.29, 0.717) is 5.41 Å². The predicted octanol–water partition coefficient (Wildman–Crippen LogP) is 12.8. The third-order valence-corrected chi connectivity index (χ3v) is 10.4. The summed E-state index contributed by atoms with van der Waals surface area (Å²) in [6, 6.07) is 50.1. The van der Waals surface area contributed by atoms with Crippen molar-refractivity contribution in [2.45, 2.75) is 73.0 Å². The van der Waals surface area contributed by atoms with Crippen molar-refractivity contribution in [1.29, 1.82) is 0 Å². The molecule has 1 unspecified atom stereocenters. The molecule has 1 fully saturated rings. The van der Waals surface area contributed by atoms with Gasteiger partial charge in [-0.2, -0.15) is 0 Å². The number of fused-ring (bicyclic) bond motifs is 2. The van der Waals surface area contributed by atoms with Crippen LogP contribution < -0.4 is 5.59 Å². The molecule has 1 aliphatic rings. The van der Waals surface area contributed by atoms with Gasteiger partial charge >= 0.3 is 7.12 Å². The van der Waals surface area contributed by atoms with E-state index >= 15 is 0 Å². The summed E-state index contributed by atoms with van der Waals surface area (Å²) in [5.74, 6) is 0. The maximum Gasteiger partial charge on any atom is 0.514 e. The van der Waals surface area contributed by atoms with Crippen LogP contribution in [0.1, 0.15) is 61.8 Å². The van der Waals surface area contributed by atoms with Crippen LogP contribution in [0.4, 0.5) is 0 Å². The minimum Gasteiger partial charge on any atom is -0.398 e. The second-order valence-corrected chi connectivity index (χ2v) is 16.5. The number of rotatable bonds is 6. The summed E-state index contributed by atoms with van der Waals surface area (Å²) in [5.41, 5.74) is 9.98. The number of hydrogen-bond acceptors (Lipinski definition) is 3.